The molecule has 0 radical (unpaired) electrons. The minimum Gasteiger partial charge on any atom is -0.497 e. The second-order valence-electron chi connectivity index (χ2n) is 3.87. The van der Waals surface area contributed by atoms with Gasteiger partial charge in [0.1, 0.15) is 17.3 Å². The summed E-state index contributed by atoms with van der Waals surface area (Å²) in [6, 6.07) is 5.67. The molecule has 0 bridgehead atoms. The molecule has 0 atom stereocenters. The van der Waals surface area contributed by atoms with Crippen LogP contribution in [0, 0.1) is 3.57 Å². The highest BCUT2D eigenvalue weighted by atomic mass is 127. The third-order valence-corrected chi connectivity index (χ3v) is 3.63. The Kier molecular flexibility index (Phi) is 5.24. The molecule has 1 aromatic carbocycles. The van der Waals surface area contributed by atoms with E-state index in [1.54, 1.807) is 20.4 Å². The summed E-state index contributed by atoms with van der Waals surface area (Å²) in [5.74, 6) is 2.21. The topological polar surface area (TPSA) is 56.3 Å². The predicted molar refractivity (Wildman–Crippen MR) is 86.6 cm³/mol. The Balaban J connectivity index is 2.16. The lowest BCUT2D eigenvalue weighted by atomic mass is 10.2. The van der Waals surface area contributed by atoms with Crippen molar-refractivity contribution in [1.29, 1.82) is 0 Å². The first-order valence-electron chi connectivity index (χ1n) is 5.77. The van der Waals surface area contributed by atoms with Gasteiger partial charge >= 0.3 is 0 Å². The third kappa shape index (κ3) is 3.63. The maximum atomic E-state index is 5.79. The number of hydrogen-bond acceptors (Lipinski definition) is 5. The number of nitrogens with zero attached hydrogens (tertiary/aromatic N) is 2. The normalized spacial score (nSPS) is 10.2. The lowest BCUT2D eigenvalue weighted by molar-refractivity contribution is 0.391. The number of hydrogen-bond donors (Lipinski definition) is 1. The standard InChI is InChI=1S/C13H13ClIN3O2/c1-19-9-4-3-8(11(5-9)20-2)6-16-12-10(15)7-17-13(14)18-12/h3-5,7H,6H2,1-2H3,(H,16,17,18). The summed E-state index contributed by atoms with van der Waals surface area (Å²) >= 11 is 7.94. The van der Waals surface area contributed by atoms with Crippen molar-refractivity contribution in [2.45, 2.75) is 6.54 Å². The van der Waals surface area contributed by atoms with Gasteiger partial charge in [0.25, 0.3) is 0 Å². The molecule has 0 saturated heterocycles. The quantitative estimate of drug-likeness (QED) is 0.611. The van der Waals surface area contributed by atoms with Crippen molar-refractivity contribution >= 4 is 40.0 Å². The van der Waals surface area contributed by atoms with Crippen molar-refractivity contribution in [3.8, 4) is 11.5 Å². The molecule has 1 heterocycles. The Morgan fingerprint density at radius 2 is 2.10 bits per heavy atom. The van der Waals surface area contributed by atoms with Crippen LogP contribution in [0.4, 0.5) is 5.82 Å². The molecule has 0 spiro atoms. The smallest absolute Gasteiger partial charge is 0.224 e. The summed E-state index contributed by atoms with van der Waals surface area (Å²) in [6.07, 6.45) is 1.67. The van der Waals surface area contributed by atoms with Crippen LogP contribution in [-0.4, -0.2) is 24.2 Å². The summed E-state index contributed by atoms with van der Waals surface area (Å²) in [5.41, 5.74) is 0.999. The molecule has 0 aliphatic heterocycles. The Hall–Kier alpha value is -1.28. The average molecular weight is 406 g/mol. The maximum absolute atomic E-state index is 5.79. The molecule has 0 fully saturated rings. The van der Waals surface area contributed by atoms with Crippen LogP contribution in [0.2, 0.25) is 5.28 Å². The fourth-order valence-corrected chi connectivity index (χ4v) is 2.23. The molecular formula is C13H13ClIN3O2. The second kappa shape index (κ2) is 6.94. The largest absolute Gasteiger partial charge is 0.497 e. The number of halogens is 2. The lowest BCUT2D eigenvalue weighted by Crippen LogP contribution is -2.05. The minimum atomic E-state index is 0.217. The average Bonchev–Trinajstić information content (AvgIpc) is 2.48. The Labute approximate surface area is 135 Å². The Morgan fingerprint density at radius 1 is 1.30 bits per heavy atom. The maximum Gasteiger partial charge on any atom is 0.224 e. The number of aromatic nitrogens is 2. The molecule has 0 saturated carbocycles. The van der Waals surface area contributed by atoms with Crippen molar-refractivity contribution in [3.05, 3.63) is 38.8 Å². The van der Waals surface area contributed by atoms with E-state index in [0.717, 1.165) is 20.6 Å². The predicted octanol–water partition coefficient (Wildman–Crippen LogP) is 3.36. The summed E-state index contributed by atoms with van der Waals surface area (Å²) in [4.78, 5) is 8.06. The van der Waals surface area contributed by atoms with Gasteiger partial charge in [0.15, 0.2) is 0 Å². The van der Waals surface area contributed by atoms with Gasteiger partial charge in [0.05, 0.1) is 17.8 Å². The van der Waals surface area contributed by atoms with Crippen molar-refractivity contribution < 1.29 is 9.47 Å². The summed E-state index contributed by atoms with van der Waals surface area (Å²) in [6.45, 7) is 0.566. The first-order chi connectivity index (χ1) is 9.63. The van der Waals surface area contributed by atoms with E-state index >= 15 is 0 Å². The lowest BCUT2D eigenvalue weighted by Gasteiger charge is -2.12. The minimum absolute atomic E-state index is 0.217. The van der Waals surface area contributed by atoms with Crippen LogP contribution in [0.25, 0.3) is 0 Å². The highest BCUT2D eigenvalue weighted by Gasteiger charge is 2.07. The first kappa shape index (κ1) is 15.1. The van der Waals surface area contributed by atoms with E-state index < -0.39 is 0 Å². The van der Waals surface area contributed by atoms with E-state index in [1.165, 1.54) is 0 Å². The van der Waals surface area contributed by atoms with E-state index in [-0.39, 0.29) is 5.28 Å². The van der Waals surface area contributed by atoms with Crippen molar-refractivity contribution in [2.75, 3.05) is 19.5 Å². The fraction of sp³-hybridized carbons (Fsp3) is 0.231. The number of methoxy groups -OCH3 is 2. The number of anilines is 1. The fourth-order valence-electron chi connectivity index (χ4n) is 1.65. The van der Waals surface area contributed by atoms with Crippen LogP contribution in [-0.2, 0) is 6.54 Å². The van der Waals surface area contributed by atoms with E-state index in [9.17, 15) is 0 Å². The first-order valence-corrected chi connectivity index (χ1v) is 7.22. The van der Waals surface area contributed by atoms with Crippen LogP contribution in [0.1, 0.15) is 5.56 Å². The van der Waals surface area contributed by atoms with Gasteiger partial charge in [-0.1, -0.05) is 0 Å². The van der Waals surface area contributed by atoms with E-state index in [4.69, 9.17) is 21.1 Å². The molecule has 20 heavy (non-hydrogen) atoms. The number of ether oxygens (including phenoxy) is 2. The van der Waals surface area contributed by atoms with Crippen LogP contribution >= 0.6 is 34.2 Å². The molecular weight excluding hydrogens is 393 g/mol. The highest BCUT2D eigenvalue weighted by molar-refractivity contribution is 14.1. The van der Waals surface area contributed by atoms with E-state index in [0.29, 0.717) is 12.4 Å². The number of benzene rings is 1. The summed E-state index contributed by atoms with van der Waals surface area (Å²) in [7, 11) is 3.25. The van der Waals surface area contributed by atoms with Crippen LogP contribution in [0.15, 0.2) is 24.4 Å². The SMILES string of the molecule is COc1ccc(CNc2nc(Cl)ncc2I)c(OC)c1. The van der Waals surface area contributed by atoms with Crippen molar-refractivity contribution in [3.63, 3.8) is 0 Å². The molecule has 0 aliphatic carbocycles. The second-order valence-corrected chi connectivity index (χ2v) is 5.37. The molecule has 0 amide bonds. The molecule has 1 N–H and O–H groups in total. The molecule has 106 valence electrons. The van der Waals surface area contributed by atoms with Crippen LogP contribution in [0.5, 0.6) is 11.5 Å². The van der Waals surface area contributed by atoms with Gasteiger partial charge < -0.3 is 14.8 Å². The number of rotatable bonds is 5. The zero-order chi connectivity index (χ0) is 14.5. The van der Waals surface area contributed by atoms with Gasteiger partial charge in [-0.3, -0.25) is 0 Å². The monoisotopic (exact) mass is 405 g/mol. The molecule has 1 aromatic heterocycles. The molecule has 2 aromatic rings. The third-order valence-electron chi connectivity index (χ3n) is 2.66. The van der Waals surface area contributed by atoms with Crippen LogP contribution in [0.3, 0.4) is 0 Å². The number of nitrogens with one attached hydrogen (secondary N) is 1. The molecule has 7 heteroatoms. The van der Waals surface area contributed by atoms with Gasteiger partial charge in [-0.05, 0) is 46.3 Å². The van der Waals surface area contributed by atoms with Gasteiger partial charge in [0.2, 0.25) is 5.28 Å². The summed E-state index contributed by atoms with van der Waals surface area (Å²) in [5, 5.41) is 3.44. The highest BCUT2D eigenvalue weighted by Crippen LogP contribution is 2.26. The van der Waals surface area contributed by atoms with E-state index in [2.05, 4.69) is 37.9 Å². The summed E-state index contributed by atoms with van der Waals surface area (Å²) < 4.78 is 11.4. The molecule has 0 unspecified atom stereocenters. The zero-order valence-corrected chi connectivity index (χ0v) is 13.9. The molecule has 0 aliphatic rings. The van der Waals surface area contributed by atoms with Gasteiger partial charge in [-0.2, -0.15) is 4.98 Å². The Morgan fingerprint density at radius 3 is 2.80 bits per heavy atom. The Bertz CT molecular complexity index is 610. The van der Waals surface area contributed by atoms with Gasteiger partial charge in [-0.25, -0.2) is 4.98 Å². The van der Waals surface area contributed by atoms with Crippen LogP contribution < -0.4 is 14.8 Å². The van der Waals surface area contributed by atoms with Crippen molar-refractivity contribution in [2.24, 2.45) is 0 Å². The molecule has 2 rings (SSSR count). The van der Waals surface area contributed by atoms with Gasteiger partial charge in [-0.15, -0.1) is 0 Å². The van der Waals surface area contributed by atoms with Crippen molar-refractivity contribution in [1.82, 2.24) is 9.97 Å². The zero-order valence-electron chi connectivity index (χ0n) is 11.0. The van der Waals surface area contributed by atoms with Gasteiger partial charge in [0, 0.05) is 24.4 Å². The van der Waals surface area contributed by atoms with E-state index in [1.807, 2.05) is 18.2 Å². The molecule has 5 nitrogen and oxygen atoms in total.